The standard InChI is InChI=1S/C26H27ClFN3O2.C18H20ClN3O.C8H8BrFO.C3H4NO3.2K.H/c27-21-10-8-19(9-11-21)25(23-6-3-4-14-29-23)30-26(32)20-12-15-31(16-13-20)17-18-33-24-7-2-1-5-22(24)28;19-15-6-4-13(5-7-15)17(16-3-1-2-10-21-16)22-18(23)14-8-11-20-12-9-14;9-5-6-11-8-4-2-1-3-7(8)10;1-3(5)7-6-2-4;;;/h1-11,14,20,25H,12-13,15-18H2,(H,30,32);1-7,10,14,17,20H,8-9,11-12H2,(H,22,23);1-4H,5-6H2;2H,1H3;;;/q;;;-1;2*+1;-1. The van der Waals surface area contributed by atoms with Crippen LogP contribution in [0.1, 0.15) is 68.6 Å². The van der Waals surface area contributed by atoms with Crippen LogP contribution >= 0.6 is 39.1 Å². The molecule has 0 aliphatic carbocycles. The van der Waals surface area contributed by atoms with Crippen molar-refractivity contribution >= 4 is 63.3 Å². The van der Waals surface area contributed by atoms with Gasteiger partial charge < -0.3 is 37.1 Å². The van der Waals surface area contributed by atoms with E-state index in [1.54, 1.807) is 48.8 Å². The summed E-state index contributed by atoms with van der Waals surface area (Å²) >= 11 is 15.2. The second kappa shape index (κ2) is 38.4. The molecule has 6 aromatic rings. The van der Waals surface area contributed by atoms with Crippen molar-refractivity contribution in [3.63, 3.8) is 0 Å². The molecule has 3 N–H and O–H groups in total. The van der Waals surface area contributed by atoms with Gasteiger partial charge in [-0.15, -0.1) is 0 Å². The molecule has 2 amide bonds. The summed E-state index contributed by atoms with van der Waals surface area (Å²) in [6.45, 7) is 6.15. The van der Waals surface area contributed by atoms with Gasteiger partial charge in [0.25, 0.3) is 0 Å². The first kappa shape index (κ1) is 67.1. The summed E-state index contributed by atoms with van der Waals surface area (Å²) in [5.41, 5.74) is 3.54. The number of alkyl halides is 1. The predicted molar refractivity (Wildman–Crippen MR) is 287 cm³/mol. The van der Waals surface area contributed by atoms with E-state index in [4.69, 9.17) is 38.1 Å². The van der Waals surface area contributed by atoms with Crippen molar-refractivity contribution in [1.29, 1.82) is 0 Å². The van der Waals surface area contributed by atoms with Crippen LogP contribution in [0, 0.1) is 23.5 Å². The molecular weight excluding hydrogens is 1140 g/mol. The van der Waals surface area contributed by atoms with Gasteiger partial charge in [0, 0.05) is 59.5 Å². The minimum Gasteiger partial charge on any atom is -1.00 e. The molecular formula is C55H60BrCl2F2K2N7O7. The van der Waals surface area contributed by atoms with Crippen LogP contribution in [0.5, 0.6) is 11.5 Å². The SMILES string of the molecule is CC(=O)OOC=[N-].Fc1ccccc1OCCBr.O=C(NC(c1ccc(Cl)cc1)c1ccccn1)C1CCN(CCOc2ccccc2F)CC1.O=C(NC(c1ccc(Cl)cc1)c1ccccn1)C1CCNCC1.[H-].[K+].[K+]. The van der Waals surface area contributed by atoms with Crippen molar-refractivity contribution in [3.8, 4) is 11.5 Å². The normalized spacial score (nSPS) is 13.9. The average molecular weight is 1200 g/mol. The number of carbonyl (C=O) groups is 3. The molecule has 21 heteroatoms. The minimum atomic E-state index is -0.606. The van der Waals surface area contributed by atoms with Crippen molar-refractivity contribution in [2.45, 2.75) is 44.7 Å². The first-order chi connectivity index (χ1) is 35.9. The molecule has 2 fully saturated rings. The number of piperidine rings is 2. The van der Waals surface area contributed by atoms with Crippen LogP contribution in [0.3, 0.4) is 0 Å². The number of nitrogens with one attached hydrogen (secondary N) is 3. The molecule has 76 heavy (non-hydrogen) atoms. The van der Waals surface area contributed by atoms with Gasteiger partial charge in [-0.1, -0.05) is 99.8 Å². The van der Waals surface area contributed by atoms with E-state index in [0.29, 0.717) is 40.9 Å². The largest absolute Gasteiger partial charge is 1.00 e. The summed E-state index contributed by atoms with van der Waals surface area (Å²) in [5, 5.41) is 19.4. The molecule has 2 saturated heterocycles. The first-order valence-corrected chi connectivity index (χ1v) is 25.8. The number of pyridine rings is 2. The van der Waals surface area contributed by atoms with Crippen molar-refractivity contribution in [3.05, 3.63) is 195 Å². The number of hydrogen-bond acceptors (Lipinski definition) is 11. The summed E-state index contributed by atoms with van der Waals surface area (Å²) in [7, 11) is 0. The van der Waals surface area contributed by atoms with Crippen LogP contribution in [-0.4, -0.2) is 90.3 Å². The Hall–Kier alpha value is -3.23. The Morgan fingerprint density at radius 3 is 1.53 bits per heavy atom. The van der Waals surface area contributed by atoms with Crippen LogP contribution in [-0.2, 0) is 24.2 Å². The molecule has 4 heterocycles. The smallest absolute Gasteiger partial charge is 1.00 e. The average Bonchev–Trinajstić information content (AvgIpc) is 3.43. The van der Waals surface area contributed by atoms with Crippen molar-refractivity contribution in [2.24, 2.45) is 11.8 Å². The predicted octanol–water partition coefficient (Wildman–Crippen LogP) is 4.61. The number of nitrogens with zero attached hydrogens (tertiary/aromatic N) is 4. The Morgan fingerprint density at radius 1 is 0.697 bits per heavy atom. The Kier molecular flexibility index (Phi) is 33.9. The summed E-state index contributed by atoms with van der Waals surface area (Å²) in [6.07, 6.45) is 7.04. The number of rotatable bonds is 17. The van der Waals surface area contributed by atoms with Crippen molar-refractivity contribution < 1.29 is 147 Å². The molecule has 0 bridgehead atoms. The second-order valence-corrected chi connectivity index (χ2v) is 18.3. The van der Waals surface area contributed by atoms with Crippen LogP contribution in [0.25, 0.3) is 5.41 Å². The Morgan fingerprint density at radius 2 is 1.13 bits per heavy atom. The maximum atomic E-state index is 13.7. The number of halogens is 5. The molecule has 2 aliphatic heterocycles. The van der Waals surface area contributed by atoms with E-state index in [1.807, 2.05) is 84.9 Å². The first-order valence-electron chi connectivity index (χ1n) is 23.9. The number of amides is 2. The monoisotopic (exact) mass is 1200 g/mol. The quantitative estimate of drug-likeness (QED) is 0.0291. The van der Waals surface area contributed by atoms with E-state index in [1.165, 1.54) is 12.1 Å². The topological polar surface area (TPSA) is 176 Å². The van der Waals surface area contributed by atoms with Crippen LogP contribution in [0.15, 0.2) is 146 Å². The third-order valence-corrected chi connectivity index (χ3v) is 12.3. The Balaban J connectivity index is 0.000000399. The third kappa shape index (κ3) is 24.4. The zero-order valence-corrected chi connectivity index (χ0v) is 52.1. The molecule has 14 nitrogen and oxygen atoms in total. The van der Waals surface area contributed by atoms with E-state index in [9.17, 15) is 23.2 Å². The fraction of sp³-hybridized carbons (Fsp3) is 0.309. The van der Waals surface area contributed by atoms with Crippen LogP contribution in [0.4, 0.5) is 8.78 Å². The number of carbonyl (C=O) groups excluding carboxylic acids is 3. The maximum Gasteiger partial charge on any atom is 1.00 e. The van der Waals surface area contributed by atoms with Crippen LogP contribution in [0.2, 0.25) is 10.0 Å². The van der Waals surface area contributed by atoms with Gasteiger partial charge in [-0.05, 0) is 136 Å². The summed E-state index contributed by atoms with van der Waals surface area (Å²) in [6, 6.07) is 38.6. The fourth-order valence-electron chi connectivity index (χ4n) is 7.73. The number of para-hydroxylation sites is 2. The van der Waals surface area contributed by atoms with Gasteiger partial charge in [0.1, 0.15) is 6.61 Å². The van der Waals surface area contributed by atoms with Crippen molar-refractivity contribution in [1.82, 2.24) is 30.8 Å². The molecule has 2 aliphatic rings. The van der Waals surface area contributed by atoms with Crippen LogP contribution < -0.4 is 128 Å². The molecule has 8 rings (SSSR count). The van der Waals surface area contributed by atoms with E-state index < -0.39 is 5.97 Å². The molecule has 394 valence electrons. The summed E-state index contributed by atoms with van der Waals surface area (Å²) < 4.78 is 37.1. The van der Waals surface area contributed by atoms with E-state index in [0.717, 1.165) is 81.3 Å². The number of hydrogen-bond donors (Lipinski definition) is 3. The van der Waals surface area contributed by atoms with Gasteiger partial charge in [0.05, 0.1) is 30.1 Å². The Bertz CT molecular complexity index is 2620. The zero-order chi connectivity index (χ0) is 52.9. The number of likely N-dealkylation sites (tertiary alicyclic amines) is 1. The number of aromatic nitrogens is 2. The molecule has 2 atom stereocenters. The Labute approximate surface area is 548 Å². The molecule has 4 aromatic carbocycles. The molecule has 2 unspecified atom stereocenters. The summed E-state index contributed by atoms with van der Waals surface area (Å²) in [5.74, 6) is -0.557. The van der Waals surface area contributed by atoms with Gasteiger partial charge in [-0.3, -0.25) is 29.3 Å². The maximum absolute atomic E-state index is 13.7. The fourth-order valence-corrected chi connectivity index (χ4v) is 8.14. The number of benzene rings is 4. The van der Waals surface area contributed by atoms with E-state index >= 15 is 0 Å². The van der Waals surface area contributed by atoms with E-state index in [-0.39, 0.29) is 164 Å². The summed E-state index contributed by atoms with van der Waals surface area (Å²) in [4.78, 5) is 54.0. The van der Waals surface area contributed by atoms with Gasteiger partial charge in [-0.2, -0.15) is 0 Å². The van der Waals surface area contributed by atoms with E-state index in [2.05, 4.69) is 56.5 Å². The van der Waals surface area contributed by atoms with Crippen molar-refractivity contribution in [2.75, 3.05) is 51.3 Å². The zero-order valence-electron chi connectivity index (χ0n) is 43.8. The van der Waals surface area contributed by atoms with Gasteiger partial charge in [-0.25, -0.2) is 13.6 Å². The number of ether oxygens (including phenoxy) is 2. The molecule has 2 aromatic heterocycles. The second-order valence-electron chi connectivity index (χ2n) is 16.7. The minimum absolute atomic E-state index is 0. The van der Waals surface area contributed by atoms with Gasteiger partial charge in [0.15, 0.2) is 23.1 Å². The molecule has 0 spiro atoms. The third-order valence-electron chi connectivity index (χ3n) is 11.5. The molecule has 0 saturated carbocycles. The van der Waals surface area contributed by atoms with Gasteiger partial charge >= 0.3 is 109 Å². The molecule has 0 radical (unpaired) electrons. The van der Waals surface area contributed by atoms with Gasteiger partial charge in [0.2, 0.25) is 11.8 Å².